The summed E-state index contributed by atoms with van der Waals surface area (Å²) in [5.74, 6) is 4.12. The SMILES string of the molecule is COc1ccc(C2CNC(=O)NC2)cc1CC1CC2CCC1C2. The highest BCUT2D eigenvalue weighted by molar-refractivity contribution is 5.75. The number of amides is 2. The summed E-state index contributed by atoms with van der Waals surface area (Å²) >= 11 is 0. The van der Waals surface area contributed by atoms with Crippen LogP contribution in [0.2, 0.25) is 0 Å². The summed E-state index contributed by atoms with van der Waals surface area (Å²) < 4.78 is 5.61. The number of ether oxygens (including phenoxy) is 1. The van der Waals surface area contributed by atoms with Crippen molar-refractivity contribution in [1.29, 1.82) is 0 Å². The predicted octanol–water partition coefficient (Wildman–Crippen LogP) is 3.07. The van der Waals surface area contributed by atoms with Crippen molar-refractivity contribution in [3.8, 4) is 5.75 Å². The van der Waals surface area contributed by atoms with Gasteiger partial charge in [0, 0.05) is 19.0 Å². The third-order valence-electron chi connectivity index (χ3n) is 6.16. The van der Waals surface area contributed by atoms with Gasteiger partial charge in [0.25, 0.3) is 0 Å². The molecule has 1 aromatic carbocycles. The maximum atomic E-state index is 11.3. The van der Waals surface area contributed by atoms with Gasteiger partial charge in [0.2, 0.25) is 0 Å². The first-order chi connectivity index (χ1) is 11.2. The molecule has 2 N–H and O–H groups in total. The zero-order chi connectivity index (χ0) is 15.8. The van der Waals surface area contributed by atoms with Gasteiger partial charge in [-0.25, -0.2) is 4.79 Å². The molecule has 1 heterocycles. The van der Waals surface area contributed by atoms with Crippen LogP contribution in [0.5, 0.6) is 5.75 Å². The Morgan fingerprint density at radius 2 is 2.00 bits per heavy atom. The fourth-order valence-corrected chi connectivity index (χ4v) is 4.92. The summed E-state index contributed by atoms with van der Waals surface area (Å²) in [5, 5.41) is 5.78. The smallest absolute Gasteiger partial charge is 0.314 e. The van der Waals surface area contributed by atoms with E-state index >= 15 is 0 Å². The minimum Gasteiger partial charge on any atom is -0.496 e. The van der Waals surface area contributed by atoms with Gasteiger partial charge in [-0.05, 0) is 60.6 Å². The first-order valence-corrected chi connectivity index (χ1v) is 8.91. The van der Waals surface area contributed by atoms with E-state index in [0.29, 0.717) is 19.0 Å². The first-order valence-electron chi connectivity index (χ1n) is 8.91. The predicted molar refractivity (Wildman–Crippen MR) is 89.8 cm³/mol. The number of nitrogens with one attached hydrogen (secondary N) is 2. The molecule has 3 atom stereocenters. The Bertz CT molecular complexity index is 591. The first kappa shape index (κ1) is 14.9. The number of fused-ring (bicyclic) bond motifs is 2. The molecule has 2 amide bonds. The molecule has 0 spiro atoms. The Morgan fingerprint density at radius 1 is 1.17 bits per heavy atom. The van der Waals surface area contributed by atoms with E-state index in [2.05, 4.69) is 28.8 Å². The molecule has 3 aliphatic rings. The van der Waals surface area contributed by atoms with E-state index in [4.69, 9.17) is 4.74 Å². The van der Waals surface area contributed by atoms with E-state index in [0.717, 1.165) is 29.9 Å². The van der Waals surface area contributed by atoms with Gasteiger partial charge in [-0.15, -0.1) is 0 Å². The van der Waals surface area contributed by atoms with Crippen LogP contribution in [0.4, 0.5) is 4.79 Å². The molecule has 4 heteroatoms. The average molecular weight is 314 g/mol. The summed E-state index contributed by atoms with van der Waals surface area (Å²) in [6.07, 6.45) is 6.87. The monoisotopic (exact) mass is 314 g/mol. The Morgan fingerprint density at radius 3 is 2.65 bits per heavy atom. The maximum absolute atomic E-state index is 11.3. The summed E-state index contributed by atoms with van der Waals surface area (Å²) in [6, 6.07) is 6.51. The number of hydrogen-bond donors (Lipinski definition) is 2. The number of carbonyl (C=O) groups excluding carboxylic acids is 1. The number of methoxy groups -OCH3 is 1. The Kier molecular flexibility index (Phi) is 3.92. The molecule has 4 nitrogen and oxygen atoms in total. The fraction of sp³-hybridized carbons (Fsp3) is 0.632. The second-order valence-electron chi connectivity index (χ2n) is 7.50. The van der Waals surface area contributed by atoms with Crippen LogP contribution in [-0.4, -0.2) is 26.2 Å². The van der Waals surface area contributed by atoms with E-state index in [-0.39, 0.29) is 6.03 Å². The van der Waals surface area contributed by atoms with Crippen molar-refractivity contribution in [3.63, 3.8) is 0 Å². The third kappa shape index (κ3) is 2.91. The van der Waals surface area contributed by atoms with Crippen molar-refractivity contribution in [2.45, 2.75) is 38.0 Å². The standard InChI is InChI=1S/C19H26N2O2/c1-23-18-5-4-14(17-10-20-19(22)21-11-17)8-16(18)9-15-7-12-2-3-13(15)6-12/h4-5,8,12-13,15,17H,2-3,6-7,9-11H2,1H3,(H2,20,21,22). The summed E-state index contributed by atoms with van der Waals surface area (Å²) in [4.78, 5) is 11.3. The van der Waals surface area contributed by atoms with Gasteiger partial charge in [0.1, 0.15) is 5.75 Å². The third-order valence-corrected chi connectivity index (χ3v) is 6.16. The number of urea groups is 1. The minimum atomic E-state index is -0.0584. The van der Waals surface area contributed by atoms with Crippen molar-refractivity contribution in [2.24, 2.45) is 17.8 Å². The van der Waals surface area contributed by atoms with Gasteiger partial charge in [0.05, 0.1) is 7.11 Å². The molecular formula is C19H26N2O2. The largest absolute Gasteiger partial charge is 0.496 e. The van der Waals surface area contributed by atoms with Crippen LogP contribution in [0, 0.1) is 17.8 Å². The zero-order valence-corrected chi connectivity index (χ0v) is 13.8. The number of carbonyl (C=O) groups is 1. The Hall–Kier alpha value is -1.71. The molecule has 0 aromatic heterocycles. The van der Waals surface area contributed by atoms with Gasteiger partial charge in [0.15, 0.2) is 0 Å². The lowest BCUT2D eigenvalue weighted by Gasteiger charge is -2.26. The second kappa shape index (κ2) is 6.06. The van der Waals surface area contributed by atoms with Crippen LogP contribution < -0.4 is 15.4 Å². The van der Waals surface area contributed by atoms with Crippen molar-refractivity contribution in [3.05, 3.63) is 29.3 Å². The average Bonchev–Trinajstić information content (AvgIpc) is 3.18. The molecule has 3 unspecified atom stereocenters. The van der Waals surface area contributed by atoms with E-state index in [9.17, 15) is 4.79 Å². The van der Waals surface area contributed by atoms with Crippen molar-refractivity contribution in [1.82, 2.24) is 10.6 Å². The second-order valence-corrected chi connectivity index (χ2v) is 7.50. The van der Waals surface area contributed by atoms with Crippen molar-refractivity contribution in [2.75, 3.05) is 20.2 Å². The number of hydrogen-bond acceptors (Lipinski definition) is 2. The summed E-state index contributed by atoms with van der Waals surface area (Å²) in [6.45, 7) is 1.43. The molecule has 0 radical (unpaired) electrons. The van der Waals surface area contributed by atoms with E-state index in [1.807, 2.05) is 0 Å². The van der Waals surface area contributed by atoms with Crippen LogP contribution in [0.25, 0.3) is 0 Å². The maximum Gasteiger partial charge on any atom is 0.314 e. The van der Waals surface area contributed by atoms with E-state index < -0.39 is 0 Å². The molecular weight excluding hydrogens is 288 g/mol. The number of rotatable bonds is 4. The van der Waals surface area contributed by atoms with Gasteiger partial charge in [-0.2, -0.15) is 0 Å². The van der Waals surface area contributed by atoms with Gasteiger partial charge < -0.3 is 15.4 Å². The minimum absolute atomic E-state index is 0.0584. The molecule has 4 rings (SSSR count). The normalized spacial score (nSPS) is 30.1. The van der Waals surface area contributed by atoms with Crippen LogP contribution in [-0.2, 0) is 6.42 Å². The number of benzene rings is 1. The highest BCUT2D eigenvalue weighted by Crippen LogP contribution is 2.50. The van der Waals surface area contributed by atoms with Crippen LogP contribution >= 0.6 is 0 Å². The molecule has 2 saturated carbocycles. The summed E-state index contributed by atoms with van der Waals surface area (Å²) in [7, 11) is 1.77. The van der Waals surface area contributed by atoms with Crippen LogP contribution in [0.1, 0.15) is 42.7 Å². The van der Waals surface area contributed by atoms with Gasteiger partial charge in [-0.1, -0.05) is 18.6 Å². The van der Waals surface area contributed by atoms with Crippen LogP contribution in [0.3, 0.4) is 0 Å². The molecule has 2 bridgehead atoms. The van der Waals surface area contributed by atoms with Crippen LogP contribution in [0.15, 0.2) is 18.2 Å². The lowest BCUT2D eigenvalue weighted by atomic mass is 9.83. The Labute approximate surface area is 138 Å². The highest BCUT2D eigenvalue weighted by atomic mass is 16.5. The van der Waals surface area contributed by atoms with E-state index in [1.54, 1.807) is 7.11 Å². The quantitative estimate of drug-likeness (QED) is 0.897. The topological polar surface area (TPSA) is 50.4 Å². The molecule has 2 aliphatic carbocycles. The zero-order valence-electron chi connectivity index (χ0n) is 13.8. The van der Waals surface area contributed by atoms with Crippen molar-refractivity contribution < 1.29 is 9.53 Å². The molecule has 1 aromatic rings. The lowest BCUT2D eigenvalue weighted by Crippen LogP contribution is -2.47. The molecule has 3 fully saturated rings. The highest BCUT2D eigenvalue weighted by Gasteiger charge is 2.39. The van der Waals surface area contributed by atoms with E-state index in [1.165, 1.54) is 36.8 Å². The van der Waals surface area contributed by atoms with Gasteiger partial charge >= 0.3 is 6.03 Å². The molecule has 124 valence electrons. The molecule has 1 aliphatic heterocycles. The Balaban J connectivity index is 1.52. The lowest BCUT2D eigenvalue weighted by molar-refractivity contribution is 0.234. The fourth-order valence-electron chi connectivity index (χ4n) is 4.92. The summed E-state index contributed by atoms with van der Waals surface area (Å²) in [5.41, 5.74) is 2.65. The molecule has 23 heavy (non-hydrogen) atoms. The van der Waals surface area contributed by atoms with Crippen molar-refractivity contribution >= 4 is 6.03 Å². The molecule has 1 saturated heterocycles. The van der Waals surface area contributed by atoms with Gasteiger partial charge in [-0.3, -0.25) is 0 Å².